The van der Waals surface area contributed by atoms with Gasteiger partial charge in [0.1, 0.15) is 10.8 Å². The molecule has 1 aliphatic heterocycles. The van der Waals surface area contributed by atoms with Crippen molar-refractivity contribution < 1.29 is 19.1 Å². The van der Waals surface area contributed by atoms with Gasteiger partial charge in [0.15, 0.2) is 0 Å². The Labute approximate surface area is 214 Å². The summed E-state index contributed by atoms with van der Waals surface area (Å²) in [6, 6.07) is 11.9. The number of aliphatic hydroxyl groups excluding tert-OH is 1. The second-order valence-corrected chi connectivity index (χ2v) is 10.2. The Bertz CT molecular complexity index is 1210. The van der Waals surface area contributed by atoms with Crippen LogP contribution < -0.4 is 10.6 Å². The lowest BCUT2D eigenvalue weighted by Crippen LogP contribution is -2.52. The van der Waals surface area contributed by atoms with Gasteiger partial charge < -0.3 is 20.6 Å². The van der Waals surface area contributed by atoms with Gasteiger partial charge in [0.25, 0.3) is 11.8 Å². The molecule has 0 aliphatic carbocycles. The molecule has 9 heteroatoms. The van der Waals surface area contributed by atoms with Crippen molar-refractivity contribution in [1.29, 1.82) is 0 Å². The summed E-state index contributed by atoms with van der Waals surface area (Å²) in [4.78, 5) is 32.2. The number of aryl methyl sites for hydroxylation is 1. The van der Waals surface area contributed by atoms with Crippen LogP contribution in [-0.4, -0.2) is 58.6 Å². The van der Waals surface area contributed by atoms with Crippen molar-refractivity contribution in [3.63, 3.8) is 0 Å². The number of nitrogens with one attached hydrogen (secondary N) is 2. The fourth-order valence-electron chi connectivity index (χ4n) is 4.47. The maximum absolute atomic E-state index is 13.8. The zero-order chi connectivity index (χ0) is 25.7. The summed E-state index contributed by atoms with van der Waals surface area (Å²) < 4.78 is 13.8. The smallest absolute Gasteiger partial charge is 0.253 e. The first-order chi connectivity index (χ1) is 17.3. The minimum Gasteiger partial charge on any atom is -0.389 e. The van der Waals surface area contributed by atoms with Gasteiger partial charge in [-0.1, -0.05) is 18.2 Å². The molecule has 7 nitrogen and oxygen atoms in total. The second kappa shape index (κ2) is 11.7. The molecule has 0 spiro atoms. The molecule has 1 aromatic heterocycles. The molecule has 2 amide bonds. The van der Waals surface area contributed by atoms with Gasteiger partial charge in [-0.15, -0.1) is 11.3 Å². The molecule has 190 valence electrons. The van der Waals surface area contributed by atoms with Gasteiger partial charge in [-0.25, -0.2) is 9.37 Å². The van der Waals surface area contributed by atoms with Gasteiger partial charge in [-0.05, 0) is 68.6 Å². The second-order valence-electron chi connectivity index (χ2n) is 9.23. The van der Waals surface area contributed by atoms with E-state index in [0.717, 1.165) is 30.1 Å². The third-order valence-corrected chi connectivity index (χ3v) is 7.29. The van der Waals surface area contributed by atoms with Crippen molar-refractivity contribution in [2.24, 2.45) is 0 Å². The lowest BCUT2D eigenvalue weighted by Gasteiger charge is -2.29. The monoisotopic (exact) mass is 510 g/mol. The van der Waals surface area contributed by atoms with E-state index in [9.17, 15) is 19.1 Å². The minimum absolute atomic E-state index is 0.153. The van der Waals surface area contributed by atoms with Crippen molar-refractivity contribution in [3.05, 3.63) is 87.1 Å². The molecule has 1 fully saturated rings. The number of hydrogen-bond acceptors (Lipinski definition) is 6. The van der Waals surface area contributed by atoms with Crippen LogP contribution in [0.1, 0.15) is 49.8 Å². The molecule has 0 saturated carbocycles. The van der Waals surface area contributed by atoms with Crippen molar-refractivity contribution in [2.75, 3.05) is 13.6 Å². The predicted molar refractivity (Wildman–Crippen MR) is 137 cm³/mol. The minimum atomic E-state index is -0.850. The van der Waals surface area contributed by atoms with Crippen LogP contribution in [-0.2, 0) is 13.0 Å². The highest BCUT2D eigenvalue weighted by atomic mass is 32.1. The Balaban J connectivity index is 1.48. The fourth-order valence-corrected chi connectivity index (χ4v) is 5.30. The van der Waals surface area contributed by atoms with Gasteiger partial charge in [-0.2, -0.15) is 0 Å². The molecule has 0 radical (unpaired) electrons. The molecule has 1 unspecified atom stereocenters. The lowest BCUT2D eigenvalue weighted by molar-refractivity contribution is 0.0737. The summed E-state index contributed by atoms with van der Waals surface area (Å²) in [7, 11) is 1.70. The maximum Gasteiger partial charge on any atom is 0.253 e. The zero-order valence-corrected chi connectivity index (χ0v) is 21.2. The van der Waals surface area contributed by atoms with Crippen molar-refractivity contribution in [1.82, 2.24) is 20.5 Å². The number of aromatic nitrogens is 1. The SMILES string of the molecule is Cc1csc(CN(C)C(=O)c2cccc(C(=O)N[C@@H](Cc3cccc(F)c3)[C@H](O)C3CCCN3)c2)n1. The van der Waals surface area contributed by atoms with E-state index in [1.54, 1.807) is 48.3 Å². The summed E-state index contributed by atoms with van der Waals surface area (Å²) in [5.41, 5.74) is 2.30. The number of hydrogen-bond donors (Lipinski definition) is 3. The third-order valence-electron chi connectivity index (χ3n) is 6.34. The summed E-state index contributed by atoms with van der Waals surface area (Å²) in [5, 5.41) is 20.0. The van der Waals surface area contributed by atoms with Crippen LogP contribution >= 0.6 is 11.3 Å². The quantitative estimate of drug-likeness (QED) is 0.411. The van der Waals surface area contributed by atoms with E-state index in [4.69, 9.17) is 0 Å². The van der Waals surface area contributed by atoms with Crippen LogP contribution in [0, 0.1) is 12.7 Å². The summed E-state index contributed by atoms with van der Waals surface area (Å²) >= 11 is 1.50. The molecule has 2 aromatic carbocycles. The molecule has 3 aromatic rings. The Morgan fingerprint density at radius 2 is 2.03 bits per heavy atom. The highest BCUT2D eigenvalue weighted by Crippen LogP contribution is 2.18. The van der Waals surface area contributed by atoms with Crippen LogP contribution in [0.5, 0.6) is 0 Å². The van der Waals surface area contributed by atoms with E-state index in [0.29, 0.717) is 23.2 Å². The number of thiazole rings is 1. The molecule has 0 bridgehead atoms. The number of benzene rings is 2. The molecule has 3 atom stereocenters. The number of amides is 2. The van der Waals surface area contributed by atoms with Gasteiger partial charge >= 0.3 is 0 Å². The largest absolute Gasteiger partial charge is 0.389 e. The predicted octanol–water partition coefficient (Wildman–Crippen LogP) is 3.32. The molecule has 36 heavy (non-hydrogen) atoms. The van der Waals surface area contributed by atoms with E-state index in [2.05, 4.69) is 15.6 Å². The Kier molecular flexibility index (Phi) is 8.45. The Hall–Kier alpha value is -3.14. The van der Waals surface area contributed by atoms with Crippen LogP contribution in [0.2, 0.25) is 0 Å². The highest BCUT2D eigenvalue weighted by molar-refractivity contribution is 7.09. The zero-order valence-electron chi connectivity index (χ0n) is 20.4. The van der Waals surface area contributed by atoms with Gasteiger partial charge in [0, 0.05) is 35.3 Å². The van der Waals surface area contributed by atoms with E-state index in [-0.39, 0.29) is 24.2 Å². The van der Waals surface area contributed by atoms with Gasteiger partial charge in [0.05, 0.1) is 18.7 Å². The first-order valence-corrected chi connectivity index (χ1v) is 12.9. The number of aliphatic hydroxyl groups is 1. The first-order valence-electron chi connectivity index (χ1n) is 12.0. The van der Waals surface area contributed by atoms with Crippen molar-refractivity contribution in [3.8, 4) is 0 Å². The molecule has 2 heterocycles. The molecule has 4 rings (SSSR count). The number of carbonyl (C=O) groups excluding carboxylic acids is 2. The first kappa shape index (κ1) is 25.9. The topological polar surface area (TPSA) is 94.6 Å². The van der Waals surface area contributed by atoms with E-state index < -0.39 is 18.1 Å². The summed E-state index contributed by atoms with van der Waals surface area (Å²) in [6.07, 6.45) is 1.17. The summed E-state index contributed by atoms with van der Waals surface area (Å²) in [6.45, 7) is 3.09. The Morgan fingerprint density at radius 1 is 1.25 bits per heavy atom. The number of nitrogens with zero attached hydrogens (tertiary/aromatic N) is 2. The summed E-state index contributed by atoms with van der Waals surface area (Å²) in [5.74, 6) is -0.986. The van der Waals surface area contributed by atoms with Crippen LogP contribution in [0.3, 0.4) is 0 Å². The van der Waals surface area contributed by atoms with E-state index in [1.165, 1.54) is 23.5 Å². The number of rotatable bonds is 9. The van der Waals surface area contributed by atoms with Crippen molar-refractivity contribution in [2.45, 2.75) is 50.9 Å². The average Bonchev–Trinajstić information content (AvgIpc) is 3.55. The van der Waals surface area contributed by atoms with Gasteiger partial charge in [0.2, 0.25) is 0 Å². The molecular weight excluding hydrogens is 479 g/mol. The Morgan fingerprint density at radius 3 is 2.72 bits per heavy atom. The number of halogens is 1. The third kappa shape index (κ3) is 6.54. The normalized spacial score (nSPS) is 16.9. The van der Waals surface area contributed by atoms with E-state index >= 15 is 0 Å². The van der Waals surface area contributed by atoms with Crippen molar-refractivity contribution >= 4 is 23.2 Å². The van der Waals surface area contributed by atoms with Crippen LogP contribution in [0.15, 0.2) is 53.9 Å². The highest BCUT2D eigenvalue weighted by Gasteiger charge is 2.31. The fraction of sp³-hybridized carbons (Fsp3) is 0.370. The number of carbonyl (C=O) groups is 2. The molecule has 1 saturated heterocycles. The maximum atomic E-state index is 13.8. The lowest BCUT2D eigenvalue weighted by atomic mass is 9.95. The van der Waals surface area contributed by atoms with Crippen LogP contribution in [0.4, 0.5) is 4.39 Å². The standard InChI is InChI=1S/C27H31FN4O3S/c1-17-16-36-24(30-17)15-32(2)27(35)20-8-4-7-19(14-20)26(34)31-23(25(33)22-10-5-11-29-22)13-18-6-3-9-21(28)12-18/h3-4,6-9,12,14,16,22-23,25,29,33H,5,10-11,13,15H2,1-2H3,(H,31,34)/t22?,23-,25+/m0/s1. The van der Waals surface area contributed by atoms with Crippen LogP contribution in [0.25, 0.3) is 0 Å². The molecule has 1 aliphatic rings. The molecule has 3 N–H and O–H groups in total. The molecular formula is C27H31FN4O3S. The van der Waals surface area contributed by atoms with Gasteiger partial charge in [-0.3, -0.25) is 9.59 Å². The van der Waals surface area contributed by atoms with E-state index in [1.807, 2.05) is 12.3 Å². The average molecular weight is 511 g/mol.